The van der Waals surface area contributed by atoms with Gasteiger partial charge in [0.1, 0.15) is 0 Å². The third-order valence-electron chi connectivity index (χ3n) is 7.47. The Hall–Kier alpha value is -4.94. The van der Waals surface area contributed by atoms with Gasteiger partial charge < -0.3 is 0 Å². The summed E-state index contributed by atoms with van der Waals surface area (Å²) in [5.74, 6) is 0. The van der Waals surface area contributed by atoms with Gasteiger partial charge in [0.15, 0.2) is 0 Å². The molecule has 7 rings (SSSR count). The third kappa shape index (κ3) is 3.88. The second kappa shape index (κ2) is 9.50. The van der Waals surface area contributed by atoms with E-state index in [9.17, 15) is 0 Å². The highest BCUT2D eigenvalue weighted by molar-refractivity contribution is 6.21. The van der Waals surface area contributed by atoms with Crippen molar-refractivity contribution in [3.63, 3.8) is 0 Å². The van der Waals surface area contributed by atoms with Crippen LogP contribution in [-0.2, 0) is 0 Å². The highest BCUT2D eigenvalue weighted by Gasteiger charge is 2.16. The lowest BCUT2D eigenvalue weighted by Gasteiger charge is -2.18. The molecule has 0 radical (unpaired) electrons. The van der Waals surface area contributed by atoms with Gasteiger partial charge in [-0.05, 0) is 72.1 Å². The highest BCUT2D eigenvalue weighted by atomic mass is 14.2. The molecule has 0 heterocycles. The zero-order valence-electron chi connectivity index (χ0n) is 21.0. The number of rotatable bonds is 4. The Kier molecular flexibility index (Phi) is 5.57. The van der Waals surface area contributed by atoms with E-state index in [1.165, 1.54) is 66.1 Å². The SMILES string of the molecule is c1ccc(-c2ccc(-c3cccc(-c4c5ccccc5c(-c5ccccc5)c5ccccc45)c3)cc2)cc1. The zero-order chi connectivity index (χ0) is 25.3. The van der Waals surface area contributed by atoms with Crippen molar-refractivity contribution in [2.24, 2.45) is 0 Å². The van der Waals surface area contributed by atoms with Crippen molar-refractivity contribution in [1.29, 1.82) is 0 Å². The van der Waals surface area contributed by atoms with Crippen LogP contribution >= 0.6 is 0 Å². The highest BCUT2D eigenvalue weighted by Crippen LogP contribution is 2.44. The van der Waals surface area contributed by atoms with Gasteiger partial charge in [0.05, 0.1) is 0 Å². The molecule has 38 heavy (non-hydrogen) atoms. The van der Waals surface area contributed by atoms with Crippen LogP contribution in [0.1, 0.15) is 0 Å². The minimum Gasteiger partial charge on any atom is -0.0622 e. The molecular weight excluding hydrogens is 456 g/mol. The minimum absolute atomic E-state index is 1.22. The molecule has 0 nitrogen and oxygen atoms in total. The fourth-order valence-electron chi connectivity index (χ4n) is 5.70. The minimum atomic E-state index is 1.22. The molecule has 0 bridgehead atoms. The van der Waals surface area contributed by atoms with Crippen molar-refractivity contribution in [2.45, 2.75) is 0 Å². The van der Waals surface area contributed by atoms with Crippen LogP contribution in [0, 0.1) is 0 Å². The van der Waals surface area contributed by atoms with E-state index in [1.807, 2.05) is 0 Å². The molecule has 0 aliphatic rings. The van der Waals surface area contributed by atoms with Gasteiger partial charge in [-0.1, -0.05) is 152 Å². The number of hydrogen-bond acceptors (Lipinski definition) is 0. The third-order valence-corrected chi connectivity index (χ3v) is 7.47. The molecular formula is C38H26. The molecule has 0 atom stereocenters. The number of fused-ring (bicyclic) bond motifs is 2. The van der Waals surface area contributed by atoms with Crippen molar-refractivity contribution in [1.82, 2.24) is 0 Å². The predicted octanol–water partition coefficient (Wildman–Crippen LogP) is 10.7. The molecule has 0 saturated heterocycles. The smallest absolute Gasteiger partial charge is 0.00262 e. The van der Waals surface area contributed by atoms with Crippen molar-refractivity contribution in [2.75, 3.05) is 0 Å². The van der Waals surface area contributed by atoms with Gasteiger partial charge in [0, 0.05) is 0 Å². The molecule has 0 unspecified atom stereocenters. The first-order valence-corrected chi connectivity index (χ1v) is 13.1. The van der Waals surface area contributed by atoms with Crippen LogP contribution in [0.25, 0.3) is 66.1 Å². The Bertz CT molecular complexity index is 1820. The Morgan fingerprint density at radius 3 is 1.08 bits per heavy atom. The second-order valence-electron chi connectivity index (χ2n) is 9.73. The molecule has 0 heteroatoms. The normalized spacial score (nSPS) is 11.2. The molecule has 0 aromatic heterocycles. The van der Waals surface area contributed by atoms with E-state index < -0.39 is 0 Å². The van der Waals surface area contributed by atoms with Crippen LogP contribution in [-0.4, -0.2) is 0 Å². The summed E-state index contributed by atoms with van der Waals surface area (Å²) in [6.07, 6.45) is 0. The van der Waals surface area contributed by atoms with Crippen LogP contribution < -0.4 is 0 Å². The average Bonchev–Trinajstić information content (AvgIpc) is 3.01. The summed E-state index contributed by atoms with van der Waals surface area (Å²) in [5.41, 5.74) is 10.00. The zero-order valence-corrected chi connectivity index (χ0v) is 21.0. The summed E-state index contributed by atoms with van der Waals surface area (Å²) in [4.78, 5) is 0. The first-order valence-electron chi connectivity index (χ1n) is 13.1. The Labute approximate surface area is 223 Å². The van der Waals surface area contributed by atoms with Gasteiger partial charge in [-0.3, -0.25) is 0 Å². The first-order chi connectivity index (χ1) is 18.9. The van der Waals surface area contributed by atoms with Crippen molar-refractivity contribution < 1.29 is 0 Å². The maximum atomic E-state index is 2.34. The van der Waals surface area contributed by atoms with Crippen LogP contribution in [0.4, 0.5) is 0 Å². The van der Waals surface area contributed by atoms with Gasteiger partial charge in [0.2, 0.25) is 0 Å². The van der Waals surface area contributed by atoms with Crippen molar-refractivity contribution in [3.05, 3.63) is 158 Å². The van der Waals surface area contributed by atoms with E-state index in [0.717, 1.165) is 0 Å². The summed E-state index contributed by atoms with van der Waals surface area (Å²) in [5, 5.41) is 5.12. The molecule has 0 aliphatic heterocycles. The average molecular weight is 483 g/mol. The summed E-state index contributed by atoms with van der Waals surface area (Å²) >= 11 is 0. The van der Waals surface area contributed by atoms with Gasteiger partial charge in [-0.25, -0.2) is 0 Å². The molecule has 0 fully saturated rings. The van der Waals surface area contributed by atoms with E-state index in [0.29, 0.717) is 0 Å². The van der Waals surface area contributed by atoms with Crippen LogP contribution in [0.2, 0.25) is 0 Å². The first kappa shape index (κ1) is 22.3. The fraction of sp³-hybridized carbons (Fsp3) is 0. The van der Waals surface area contributed by atoms with E-state index >= 15 is 0 Å². The van der Waals surface area contributed by atoms with Crippen molar-refractivity contribution in [3.8, 4) is 44.5 Å². The molecule has 0 N–H and O–H groups in total. The fourth-order valence-corrected chi connectivity index (χ4v) is 5.70. The summed E-state index contributed by atoms with van der Waals surface area (Å²) in [7, 11) is 0. The Morgan fingerprint density at radius 1 is 0.211 bits per heavy atom. The van der Waals surface area contributed by atoms with E-state index in [-0.39, 0.29) is 0 Å². The van der Waals surface area contributed by atoms with Crippen LogP contribution in [0.15, 0.2) is 158 Å². The lowest BCUT2D eigenvalue weighted by Crippen LogP contribution is -1.91. The van der Waals surface area contributed by atoms with Gasteiger partial charge in [-0.2, -0.15) is 0 Å². The van der Waals surface area contributed by atoms with Gasteiger partial charge in [-0.15, -0.1) is 0 Å². The topological polar surface area (TPSA) is 0 Å². The van der Waals surface area contributed by atoms with E-state index in [2.05, 4.69) is 158 Å². The summed E-state index contributed by atoms with van der Waals surface area (Å²) in [6.45, 7) is 0. The van der Waals surface area contributed by atoms with Crippen LogP contribution in [0.3, 0.4) is 0 Å². The monoisotopic (exact) mass is 482 g/mol. The Balaban J connectivity index is 1.42. The van der Waals surface area contributed by atoms with E-state index in [1.54, 1.807) is 0 Å². The molecule has 7 aromatic rings. The number of hydrogen-bond donors (Lipinski definition) is 0. The second-order valence-corrected chi connectivity index (χ2v) is 9.73. The molecule has 7 aromatic carbocycles. The predicted molar refractivity (Wildman–Crippen MR) is 163 cm³/mol. The largest absolute Gasteiger partial charge is 0.0622 e. The van der Waals surface area contributed by atoms with Gasteiger partial charge >= 0.3 is 0 Å². The lowest BCUT2D eigenvalue weighted by atomic mass is 9.85. The number of benzene rings is 7. The van der Waals surface area contributed by atoms with Gasteiger partial charge in [0.25, 0.3) is 0 Å². The summed E-state index contributed by atoms with van der Waals surface area (Å²) < 4.78 is 0. The lowest BCUT2D eigenvalue weighted by molar-refractivity contribution is 1.58. The quantitative estimate of drug-likeness (QED) is 0.219. The summed E-state index contributed by atoms with van der Waals surface area (Å²) in [6, 6.07) is 56.9. The molecule has 0 aliphatic carbocycles. The van der Waals surface area contributed by atoms with E-state index in [4.69, 9.17) is 0 Å². The molecule has 0 spiro atoms. The van der Waals surface area contributed by atoms with Crippen LogP contribution in [0.5, 0.6) is 0 Å². The maximum absolute atomic E-state index is 2.34. The molecule has 0 amide bonds. The maximum Gasteiger partial charge on any atom is -0.00262 e. The molecule has 0 saturated carbocycles. The van der Waals surface area contributed by atoms with Crippen molar-refractivity contribution >= 4 is 21.5 Å². The Morgan fingerprint density at radius 2 is 0.553 bits per heavy atom. The standard InChI is InChI=1S/C38H26/c1-3-12-27(13-4-1)28-22-24-29(25-23-28)31-16-11-17-32(26-31)38-35-20-9-7-18-33(35)37(30-14-5-2-6-15-30)34-19-8-10-21-36(34)38/h1-26H. The molecule has 178 valence electrons.